The van der Waals surface area contributed by atoms with Crippen LogP contribution in [0.3, 0.4) is 0 Å². The Morgan fingerprint density at radius 3 is 3.00 bits per heavy atom. The lowest BCUT2D eigenvalue weighted by atomic mass is 10.1. The van der Waals surface area contributed by atoms with Crippen LogP contribution in [0.25, 0.3) is 10.9 Å². The molecule has 16 heavy (non-hydrogen) atoms. The van der Waals surface area contributed by atoms with Crippen molar-refractivity contribution in [2.24, 2.45) is 13.0 Å². The van der Waals surface area contributed by atoms with Crippen LogP contribution in [-0.4, -0.2) is 24.3 Å². The molecule has 2 heterocycles. The number of fused-ring (bicyclic) bond motifs is 1. The number of nitrogens with one attached hydrogen (secondary N) is 1. The van der Waals surface area contributed by atoms with Crippen molar-refractivity contribution in [2.75, 3.05) is 19.7 Å². The second-order valence-corrected chi connectivity index (χ2v) is 4.45. The number of rotatable bonds is 3. The third-order valence-corrected chi connectivity index (χ3v) is 3.23. The van der Waals surface area contributed by atoms with Gasteiger partial charge in [-0.1, -0.05) is 6.07 Å². The summed E-state index contributed by atoms with van der Waals surface area (Å²) in [5, 5.41) is 4.46. The predicted octanol–water partition coefficient (Wildman–Crippen LogP) is 1.78. The van der Waals surface area contributed by atoms with E-state index in [1.165, 1.54) is 10.9 Å². The van der Waals surface area contributed by atoms with Crippen LogP contribution in [0.1, 0.15) is 0 Å². The molecule has 0 unspecified atom stereocenters. The van der Waals surface area contributed by atoms with E-state index in [1.807, 2.05) is 0 Å². The lowest BCUT2D eigenvalue weighted by Gasteiger charge is -2.26. The summed E-state index contributed by atoms with van der Waals surface area (Å²) >= 11 is 0. The minimum absolute atomic E-state index is 0.680. The molecule has 0 radical (unpaired) electrons. The third kappa shape index (κ3) is 1.57. The van der Waals surface area contributed by atoms with Crippen molar-refractivity contribution in [2.45, 2.75) is 0 Å². The molecule has 0 aliphatic carbocycles. The van der Waals surface area contributed by atoms with Crippen LogP contribution < -0.4 is 10.1 Å². The Bertz CT molecular complexity index is 500. The highest BCUT2D eigenvalue weighted by Crippen LogP contribution is 2.26. The van der Waals surface area contributed by atoms with Crippen LogP contribution in [0.15, 0.2) is 30.5 Å². The fraction of sp³-hybridized carbons (Fsp3) is 0.385. The summed E-state index contributed by atoms with van der Waals surface area (Å²) < 4.78 is 8.00. The molecule has 1 aliphatic heterocycles. The standard InChI is InChI=1S/C13H16N2O/c1-15-6-5-11-12(15)3-2-4-13(11)16-9-10-7-14-8-10/h2-6,10,14H,7-9H2,1H3. The van der Waals surface area contributed by atoms with E-state index in [4.69, 9.17) is 4.74 Å². The molecule has 3 rings (SSSR count). The van der Waals surface area contributed by atoms with Gasteiger partial charge in [-0.3, -0.25) is 0 Å². The van der Waals surface area contributed by atoms with Crippen molar-refractivity contribution in [3.63, 3.8) is 0 Å². The van der Waals surface area contributed by atoms with Crippen LogP contribution in [-0.2, 0) is 7.05 Å². The molecule has 1 saturated heterocycles. The first-order chi connectivity index (χ1) is 7.84. The summed E-state index contributed by atoms with van der Waals surface area (Å²) in [7, 11) is 2.06. The zero-order valence-corrected chi connectivity index (χ0v) is 9.44. The van der Waals surface area contributed by atoms with Crippen LogP contribution >= 0.6 is 0 Å². The van der Waals surface area contributed by atoms with E-state index < -0.39 is 0 Å². The molecule has 0 amide bonds. The van der Waals surface area contributed by atoms with Gasteiger partial charge in [-0.15, -0.1) is 0 Å². The molecule has 84 valence electrons. The van der Waals surface area contributed by atoms with Crippen LogP contribution in [0.5, 0.6) is 5.75 Å². The van der Waals surface area contributed by atoms with E-state index in [9.17, 15) is 0 Å². The van der Waals surface area contributed by atoms with E-state index in [0.717, 1.165) is 25.4 Å². The highest BCUT2D eigenvalue weighted by Gasteiger charge is 2.17. The average molecular weight is 216 g/mol. The SMILES string of the molecule is Cn1ccc2c(OCC3CNC3)cccc21. The molecule has 1 aliphatic rings. The van der Waals surface area contributed by atoms with Crippen LogP contribution in [0.4, 0.5) is 0 Å². The summed E-state index contributed by atoms with van der Waals surface area (Å²) in [4.78, 5) is 0. The zero-order valence-electron chi connectivity index (χ0n) is 9.44. The van der Waals surface area contributed by atoms with Crippen molar-refractivity contribution in [1.29, 1.82) is 0 Å². The van der Waals surface area contributed by atoms with Crippen LogP contribution in [0, 0.1) is 5.92 Å². The minimum Gasteiger partial charge on any atom is -0.492 e. The topological polar surface area (TPSA) is 26.2 Å². The first-order valence-electron chi connectivity index (χ1n) is 5.72. The molecule has 1 aromatic carbocycles. The second-order valence-electron chi connectivity index (χ2n) is 4.45. The summed E-state index contributed by atoms with van der Waals surface area (Å²) in [6.45, 7) is 3.00. The highest BCUT2D eigenvalue weighted by atomic mass is 16.5. The van der Waals surface area contributed by atoms with Gasteiger partial charge in [0.1, 0.15) is 5.75 Å². The van der Waals surface area contributed by atoms with Crippen molar-refractivity contribution >= 4 is 10.9 Å². The number of aromatic nitrogens is 1. The van der Waals surface area contributed by atoms with E-state index in [0.29, 0.717) is 5.92 Å². The lowest BCUT2D eigenvalue weighted by molar-refractivity contribution is 0.201. The molecule has 1 aromatic heterocycles. The molecule has 0 atom stereocenters. The molecule has 2 aromatic rings. The molecule has 1 N–H and O–H groups in total. The average Bonchev–Trinajstić information content (AvgIpc) is 2.60. The summed E-state index contributed by atoms with van der Waals surface area (Å²) in [6.07, 6.45) is 2.07. The minimum atomic E-state index is 0.680. The van der Waals surface area contributed by atoms with E-state index in [2.05, 4.69) is 47.4 Å². The Hall–Kier alpha value is -1.48. The first kappa shape index (κ1) is 9.73. The molecule has 0 bridgehead atoms. The van der Waals surface area contributed by atoms with Gasteiger partial charge in [0.05, 0.1) is 12.1 Å². The van der Waals surface area contributed by atoms with E-state index >= 15 is 0 Å². The van der Waals surface area contributed by atoms with Crippen LogP contribution in [0.2, 0.25) is 0 Å². The third-order valence-electron chi connectivity index (χ3n) is 3.23. The first-order valence-corrected chi connectivity index (χ1v) is 5.72. The Kier molecular flexibility index (Phi) is 2.33. The Balaban J connectivity index is 1.84. The number of benzene rings is 1. The molecular weight excluding hydrogens is 200 g/mol. The van der Waals surface area contributed by atoms with Gasteiger partial charge < -0.3 is 14.6 Å². The quantitative estimate of drug-likeness (QED) is 0.846. The number of nitrogens with zero attached hydrogens (tertiary/aromatic N) is 1. The fourth-order valence-electron chi connectivity index (χ4n) is 2.07. The summed E-state index contributed by atoms with van der Waals surface area (Å²) in [6, 6.07) is 8.34. The van der Waals surface area contributed by atoms with E-state index in [1.54, 1.807) is 0 Å². The number of ether oxygens (including phenoxy) is 1. The van der Waals surface area contributed by atoms with Crippen molar-refractivity contribution in [1.82, 2.24) is 9.88 Å². The monoisotopic (exact) mass is 216 g/mol. The lowest BCUT2D eigenvalue weighted by Crippen LogP contribution is -2.45. The normalized spacial score (nSPS) is 16.3. The molecule has 3 heteroatoms. The number of aryl methyl sites for hydroxylation is 1. The van der Waals surface area contributed by atoms with Gasteiger partial charge >= 0.3 is 0 Å². The maximum absolute atomic E-state index is 5.88. The summed E-state index contributed by atoms with van der Waals surface area (Å²) in [5.74, 6) is 1.68. The molecule has 0 saturated carbocycles. The zero-order chi connectivity index (χ0) is 11.0. The van der Waals surface area contributed by atoms with E-state index in [-0.39, 0.29) is 0 Å². The van der Waals surface area contributed by atoms with Gasteiger partial charge in [0.15, 0.2) is 0 Å². The Morgan fingerprint density at radius 2 is 2.25 bits per heavy atom. The maximum atomic E-state index is 5.88. The van der Waals surface area contributed by atoms with Crippen molar-refractivity contribution in [3.05, 3.63) is 30.5 Å². The number of hydrogen-bond acceptors (Lipinski definition) is 2. The Morgan fingerprint density at radius 1 is 1.38 bits per heavy atom. The van der Waals surface area contributed by atoms with Crippen molar-refractivity contribution < 1.29 is 4.74 Å². The van der Waals surface area contributed by atoms with Gasteiger partial charge in [-0.05, 0) is 18.2 Å². The van der Waals surface area contributed by atoms with Crippen molar-refractivity contribution in [3.8, 4) is 5.75 Å². The molecule has 1 fully saturated rings. The van der Waals surface area contributed by atoms with Gasteiger partial charge in [-0.2, -0.15) is 0 Å². The Labute approximate surface area is 95.0 Å². The van der Waals surface area contributed by atoms with Gasteiger partial charge in [0, 0.05) is 37.6 Å². The smallest absolute Gasteiger partial charge is 0.128 e. The number of hydrogen-bond donors (Lipinski definition) is 1. The molecule has 3 nitrogen and oxygen atoms in total. The predicted molar refractivity (Wildman–Crippen MR) is 64.8 cm³/mol. The fourth-order valence-corrected chi connectivity index (χ4v) is 2.07. The maximum Gasteiger partial charge on any atom is 0.128 e. The van der Waals surface area contributed by atoms with Gasteiger partial charge in [0.2, 0.25) is 0 Å². The molecule has 0 spiro atoms. The molecular formula is C13H16N2O. The summed E-state index contributed by atoms with van der Waals surface area (Å²) in [5.41, 5.74) is 1.23. The largest absolute Gasteiger partial charge is 0.492 e. The van der Waals surface area contributed by atoms with Gasteiger partial charge in [-0.25, -0.2) is 0 Å². The highest BCUT2D eigenvalue weighted by molar-refractivity contribution is 5.86. The van der Waals surface area contributed by atoms with Gasteiger partial charge in [0.25, 0.3) is 0 Å². The second kappa shape index (κ2) is 3.83.